The highest BCUT2D eigenvalue weighted by Gasteiger charge is 2.27. The number of carboxylic acid groups (broad SMARTS) is 1. The van der Waals surface area contributed by atoms with Crippen molar-refractivity contribution in [3.8, 4) is 0 Å². The molecule has 1 amide bonds. The summed E-state index contributed by atoms with van der Waals surface area (Å²) in [7, 11) is 0. The van der Waals surface area contributed by atoms with E-state index in [2.05, 4.69) is 0 Å². The Morgan fingerprint density at radius 2 is 2.35 bits per heavy atom. The van der Waals surface area contributed by atoms with Crippen molar-refractivity contribution in [1.82, 2.24) is 4.90 Å². The quantitative estimate of drug-likeness (QED) is 0.908. The van der Waals surface area contributed by atoms with Crippen LogP contribution in [0.5, 0.6) is 0 Å². The Kier molecular flexibility index (Phi) is 5.17. The number of carbonyl (C=O) groups excluding carboxylic acids is 1. The molecule has 20 heavy (non-hydrogen) atoms. The molecule has 0 bridgehead atoms. The van der Waals surface area contributed by atoms with E-state index in [1.54, 1.807) is 11.3 Å². The van der Waals surface area contributed by atoms with Crippen LogP contribution in [-0.4, -0.2) is 35.0 Å². The van der Waals surface area contributed by atoms with E-state index < -0.39 is 5.97 Å². The normalized spacial score (nSPS) is 20.6. The summed E-state index contributed by atoms with van der Waals surface area (Å²) in [5.41, 5.74) is 0. The third-order valence-electron chi connectivity index (χ3n) is 3.94. The molecule has 0 radical (unpaired) electrons. The lowest BCUT2D eigenvalue weighted by molar-refractivity contribution is -0.137. The lowest BCUT2D eigenvalue weighted by atomic mass is 9.92. The topological polar surface area (TPSA) is 57.6 Å². The molecular weight excluding hydrogens is 274 g/mol. The minimum absolute atomic E-state index is 0.0896. The summed E-state index contributed by atoms with van der Waals surface area (Å²) in [6.45, 7) is 3.47. The van der Waals surface area contributed by atoms with E-state index in [-0.39, 0.29) is 18.2 Å². The van der Waals surface area contributed by atoms with E-state index in [0.29, 0.717) is 18.9 Å². The van der Waals surface area contributed by atoms with Gasteiger partial charge in [0, 0.05) is 24.4 Å². The van der Waals surface area contributed by atoms with Gasteiger partial charge >= 0.3 is 5.97 Å². The van der Waals surface area contributed by atoms with Crippen molar-refractivity contribution in [2.45, 2.75) is 38.5 Å². The molecule has 1 saturated heterocycles. The van der Waals surface area contributed by atoms with Gasteiger partial charge in [-0.05, 0) is 43.6 Å². The standard InChI is InChI=1S/C15H21NO3S/c1-11(13-5-3-9-20-13)15(19)16-8-2-4-12(10-16)6-7-14(17)18/h3,5,9,11-12H,2,4,6-8,10H2,1H3,(H,17,18)/t11-,12+/m0/s1. The largest absolute Gasteiger partial charge is 0.481 e. The summed E-state index contributed by atoms with van der Waals surface area (Å²) in [6.07, 6.45) is 2.89. The first kappa shape index (κ1) is 15.0. The molecule has 2 atom stereocenters. The first-order chi connectivity index (χ1) is 9.58. The predicted octanol–water partition coefficient (Wildman–Crippen LogP) is 2.96. The van der Waals surface area contributed by atoms with Gasteiger partial charge in [-0.2, -0.15) is 0 Å². The Hall–Kier alpha value is -1.36. The number of carboxylic acids is 1. The fourth-order valence-electron chi connectivity index (χ4n) is 2.76. The minimum Gasteiger partial charge on any atom is -0.481 e. The minimum atomic E-state index is -0.750. The van der Waals surface area contributed by atoms with Crippen molar-refractivity contribution >= 4 is 23.2 Å². The molecule has 1 aliphatic heterocycles. The number of rotatable bonds is 5. The molecule has 4 nitrogen and oxygen atoms in total. The van der Waals surface area contributed by atoms with Crippen LogP contribution in [0.15, 0.2) is 17.5 Å². The second-order valence-corrected chi connectivity index (χ2v) is 6.44. The third-order valence-corrected chi connectivity index (χ3v) is 4.99. The van der Waals surface area contributed by atoms with Crippen LogP contribution in [0.3, 0.4) is 0 Å². The van der Waals surface area contributed by atoms with E-state index in [1.807, 2.05) is 29.3 Å². The van der Waals surface area contributed by atoms with E-state index >= 15 is 0 Å². The van der Waals surface area contributed by atoms with Crippen LogP contribution < -0.4 is 0 Å². The number of likely N-dealkylation sites (tertiary alicyclic amines) is 1. The number of nitrogens with zero attached hydrogens (tertiary/aromatic N) is 1. The second kappa shape index (κ2) is 6.88. The van der Waals surface area contributed by atoms with E-state index in [0.717, 1.165) is 24.3 Å². The van der Waals surface area contributed by atoms with E-state index in [4.69, 9.17) is 5.11 Å². The molecule has 1 aliphatic rings. The van der Waals surface area contributed by atoms with Crippen molar-refractivity contribution in [2.75, 3.05) is 13.1 Å². The van der Waals surface area contributed by atoms with Crippen LogP contribution in [0.1, 0.15) is 43.4 Å². The van der Waals surface area contributed by atoms with Gasteiger partial charge in [0.15, 0.2) is 0 Å². The van der Waals surface area contributed by atoms with Crippen LogP contribution in [0.25, 0.3) is 0 Å². The molecule has 0 saturated carbocycles. The lowest BCUT2D eigenvalue weighted by Gasteiger charge is -2.34. The van der Waals surface area contributed by atoms with Crippen molar-refractivity contribution in [1.29, 1.82) is 0 Å². The zero-order chi connectivity index (χ0) is 14.5. The smallest absolute Gasteiger partial charge is 0.303 e. The number of carbonyl (C=O) groups is 2. The Morgan fingerprint density at radius 1 is 1.55 bits per heavy atom. The first-order valence-electron chi connectivity index (χ1n) is 7.12. The molecule has 2 heterocycles. The van der Waals surface area contributed by atoms with Crippen molar-refractivity contribution in [2.24, 2.45) is 5.92 Å². The second-order valence-electron chi connectivity index (χ2n) is 5.46. The lowest BCUT2D eigenvalue weighted by Crippen LogP contribution is -2.41. The fourth-order valence-corrected chi connectivity index (χ4v) is 3.54. The number of hydrogen-bond acceptors (Lipinski definition) is 3. The Balaban J connectivity index is 1.91. The zero-order valence-electron chi connectivity index (χ0n) is 11.7. The monoisotopic (exact) mass is 295 g/mol. The van der Waals surface area contributed by atoms with Crippen molar-refractivity contribution in [3.63, 3.8) is 0 Å². The highest BCUT2D eigenvalue weighted by atomic mass is 32.1. The highest BCUT2D eigenvalue weighted by molar-refractivity contribution is 7.10. The maximum atomic E-state index is 12.5. The number of amides is 1. The average molecular weight is 295 g/mol. The highest BCUT2D eigenvalue weighted by Crippen LogP contribution is 2.27. The van der Waals surface area contributed by atoms with Gasteiger partial charge in [0.2, 0.25) is 5.91 Å². The predicted molar refractivity (Wildman–Crippen MR) is 78.9 cm³/mol. The molecular formula is C15H21NO3S. The van der Waals surface area contributed by atoms with Gasteiger partial charge in [-0.1, -0.05) is 6.07 Å². The molecule has 1 aromatic rings. The molecule has 110 valence electrons. The molecule has 0 spiro atoms. The number of aliphatic carboxylic acids is 1. The summed E-state index contributed by atoms with van der Waals surface area (Å²) < 4.78 is 0. The van der Waals surface area contributed by atoms with Crippen LogP contribution in [0, 0.1) is 5.92 Å². The van der Waals surface area contributed by atoms with Crippen LogP contribution in [-0.2, 0) is 9.59 Å². The van der Waals surface area contributed by atoms with Crippen LogP contribution in [0.4, 0.5) is 0 Å². The fraction of sp³-hybridized carbons (Fsp3) is 0.600. The van der Waals surface area contributed by atoms with Gasteiger partial charge in [0.1, 0.15) is 0 Å². The van der Waals surface area contributed by atoms with Gasteiger partial charge in [-0.3, -0.25) is 9.59 Å². The average Bonchev–Trinajstić information content (AvgIpc) is 2.98. The van der Waals surface area contributed by atoms with Gasteiger partial charge in [0.05, 0.1) is 5.92 Å². The number of piperidine rings is 1. The molecule has 0 aromatic carbocycles. The van der Waals surface area contributed by atoms with Gasteiger partial charge in [-0.25, -0.2) is 0 Å². The van der Waals surface area contributed by atoms with Gasteiger partial charge in [0.25, 0.3) is 0 Å². The van der Waals surface area contributed by atoms with E-state index in [9.17, 15) is 9.59 Å². The third kappa shape index (κ3) is 3.82. The van der Waals surface area contributed by atoms with Gasteiger partial charge < -0.3 is 10.0 Å². The molecule has 1 fully saturated rings. The molecule has 1 aromatic heterocycles. The zero-order valence-corrected chi connectivity index (χ0v) is 12.6. The van der Waals surface area contributed by atoms with Crippen LogP contribution >= 0.6 is 11.3 Å². The molecule has 0 aliphatic carbocycles. The Labute approximate surface area is 123 Å². The Bertz CT molecular complexity index is 458. The summed E-state index contributed by atoms with van der Waals surface area (Å²) in [5.74, 6) is -0.333. The number of hydrogen-bond donors (Lipinski definition) is 1. The Morgan fingerprint density at radius 3 is 3.00 bits per heavy atom. The summed E-state index contributed by atoms with van der Waals surface area (Å²) in [4.78, 5) is 26.2. The summed E-state index contributed by atoms with van der Waals surface area (Å²) in [5, 5.41) is 10.7. The molecule has 1 N–H and O–H groups in total. The maximum absolute atomic E-state index is 12.5. The van der Waals surface area contributed by atoms with Crippen LogP contribution in [0.2, 0.25) is 0 Å². The van der Waals surface area contributed by atoms with Crippen molar-refractivity contribution < 1.29 is 14.7 Å². The SMILES string of the molecule is C[C@H](C(=O)N1CCC[C@H](CCC(=O)O)C1)c1cccs1. The molecule has 2 rings (SSSR count). The molecule has 0 unspecified atom stereocenters. The van der Waals surface area contributed by atoms with E-state index in [1.165, 1.54) is 0 Å². The summed E-state index contributed by atoms with van der Waals surface area (Å²) in [6, 6.07) is 3.97. The first-order valence-corrected chi connectivity index (χ1v) is 8.00. The maximum Gasteiger partial charge on any atom is 0.303 e. The number of thiophene rings is 1. The van der Waals surface area contributed by atoms with Crippen molar-refractivity contribution in [3.05, 3.63) is 22.4 Å². The summed E-state index contributed by atoms with van der Waals surface area (Å²) >= 11 is 1.61. The van der Waals surface area contributed by atoms with Gasteiger partial charge in [-0.15, -0.1) is 11.3 Å². The molecule has 5 heteroatoms.